The number of aryl methyl sites for hydroxylation is 1. The summed E-state index contributed by atoms with van der Waals surface area (Å²) in [6.45, 7) is 4.15. The summed E-state index contributed by atoms with van der Waals surface area (Å²) in [7, 11) is 0. The zero-order chi connectivity index (χ0) is 8.39. The van der Waals surface area contributed by atoms with E-state index < -0.39 is 0 Å². The van der Waals surface area contributed by atoms with Gasteiger partial charge in [-0.05, 0) is 18.1 Å². The van der Waals surface area contributed by atoms with E-state index in [0.717, 1.165) is 13.1 Å². The third-order valence-corrected chi connectivity index (χ3v) is 2.23. The molecular formula is C11H14BrN. The van der Waals surface area contributed by atoms with E-state index in [-0.39, 0.29) is 17.0 Å². The molecule has 1 N–H and O–H groups in total. The Balaban J connectivity index is 0.000000845. The van der Waals surface area contributed by atoms with Crippen molar-refractivity contribution in [3.05, 3.63) is 41.5 Å². The molecule has 0 atom stereocenters. The molecule has 0 aromatic heterocycles. The summed E-state index contributed by atoms with van der Waals surface area (Å²) in [4.78, 5) is 0. The van der Waals surface area contributed by atoms with Crippen molar-refractivity contribution in [1.29, 1.82) is 0 Å². The van der Waals surface area contributed by atoms with Crippen molar-refractivity contribution in [3.8, 4) is 0 Å². The highest BCUT2D eigenvalue weighted by molar-refractivity contribution is 8.93. The van der Waals surface area contributed by atoms with Gasteiger partial charge in [-0.2, -0.15) is 0 Å². The average molecular weight is 240 g/mol. The molecule has 2 heteroatoms. The molecule has 1 aliphatic rings. The van der Waals surface area contributed by atoms with Gasteiger partial charge in [0.1, 0.15) is 0 Å². The Labute approximate surface area is 89.6 Å². The fraction of sp³-hybridized carbons (Fsp3) is 0.273. The Kier molecular flexibility index (Phi) is 3.70. The summed E-state index contributed by atoms with van der Waals surface area (Å²) in [6.07, 6.45) is 2.25. The minimum Gasteiger partial charge on any atom is -0.309 e. The Morgan fingerprint density at radius 3 is 2.38 bits per heavy atom. The van der Waals surface area contributed by atoms with Crippen LogP contribution in [0.3, 0.4) is 0 Å². The van der Waals surface area contributed by atoms with E-state index in [1.807, 2.05) is 0 Å². The van der Waals surface area contributed by atoms with Gasteiger partial charge in [0.15, 0.2) is 0 Å². The van der Waals surface area contributed by atoms with Crippen LogP contribution in [-0.4, -0.2) is 13.1 Å². The van der Waals surface area contributed by atoms with Gasteiger partial charge in [-0.1, -0.05) is 35.9 Å². The first-order chi connectivity index (χ1) is 5.86. The molecule has 0 saturated heterocycles. The van der Waals surface area contributed by atoms with E-state index in [0.29, 0.717) is 0 Å². The van der Waals surface area contributed by atoms with Crippen LogP contribution >= 0.6 is 17.0 Å². The Morgan fingerprint density at radius 2 is 1.85 bits per heavy atom. The molecule has 0 amide bonds. The molecule has 1 nitrogen and oxygen atoms in total. The van der Waals surface area contributed by atoms with Gasteiger partial charge < -0.3 is 5.32 Å². The van der Waals surface area contributed by atoms with Crippen LogP contribution in [0.2, 0.25) is 0 Å². The van der Waals surface area contributed by atoms with E-state index in [9.17, 15) is 0 Å². The van der Waals surface area contributed by atoms with Crippen LogP contribution in [0.4, 0.5) is 0 Å². The highest BCUT2D eigenvalue weighted by atomic mass is 79.9. The van der Waals surface area contributed by atoms with E-state index in [4.69, 9.17) is 0 Å². The predicted octanol–water partition coefficient (Wildman–Crippen LogP) is 2.56. The van der Waals surface area contributed by atoms with Gasteiger partial charge in [-0.25, -0.2) is 0 Å². The lowest BCUT2D eigenvalue weighted by Crippen LogP contribution is -2.07. The molecule has 0 aliphatic carbocycles. The highest BCUT2D eigenvalue weighted by Gasteiger charge is 2.04. The molecule has 0 saturated carbocycles. The molecule has 0 bridgehead atoms. The SMILES string of the molecule is Br.Cc1ccc(C2=CCNC2)cc1. The molecule has 1 aliphatic heterocycles. The summed E-state index contributed by atoms with van der Waals surface area (Å²) in [6, 6.07) is 8.70. The quantitative estimate of drug-likeness (QED) is 0.795. The van der Waals surface area contributed by atoms with Crippen molar-refractivity contribution in [2.45, 2.75) is 6.92 Å². The topological polar surface area (TPSA) is 12.0 Å². The van der Waals surface area contributed by atoms with E-state index in [2.05, 4.69) is 42.6 Å². The Morgan fingerprint density at radius 1 is 1.15 bits per heavy atom. The fourth-order valence-corrected chi connectivity index (χ4v) is 1.46. The largest absolute Gasteiger partial charge is 0.309 e. The van der Waals surface area contributed by atoms with Crippen molar-refractivity contribution in [2.75, 3.05) is 13.1 Å². The monoisotopic (exact) mass is 239 g/mol. The average Bonchev–Trinajstić information content (AvgIpc) is 2.58. The molecule has 70 valence electrons. The zero-order valence-corrected chi connectivity index (χ0v) is 9.42. The third kappa shape index (κ3) is 2.42. The van der Waals surface area contributed by atoms with Crippen LogP contribution in [0, 0.1) is 6.92 Å². The molecule has 0 spiro atoms. The maximum Gasteiger partial charge on any atom is 0.0211 e. The predicted molar refractivity (Wildman–Crippen MR) is 62.3 cm³/mol. The lowest BCUT2D eigenvalue weighted by atomic mass is 10.1. The van der Waals surface area contributed by atoms with Gasteiger partial charge in [0.05, 0.1) is 0 Å². The van der Waals surface area contributed by atoms with E-state index in [1.54, 1.807) is 0 Å². The van der Waals surface area contributed by atoms with Crippen LogP contribution in [0.1, 0.15) is 11.1 Å². The number of nitrogens with one attached hydrogen (secondary N) is 1. The third-order valence-electron chi connectivity index (χ3n) is 2.23. The van der Waals surface area contributed by atoms with Gasteiger partial charge in [-0.15, -0.1) is 17.0 Å². The molecule has 0 radical (unpaired) electrons. The summed E-state index contributed by atoms with van der Waals surface area (Å²) in [5.41, 5.74) is 4.10. The minimum atomic E-state index is 0. The first-order valence-electron chi connectivity index (χ1n) is 4.33. The number of hydrogen-bond acceptors (Lipinski definition) is 1. The smallest absolute Gasteiger partial charge is 0.0211 e. The first kappa shape index (κ1) is 10.5. The lowest BCUT2D eigenvalue weighted by molar-refractivity contribution is 0.897. The maximum absolute atomic E-state index is 3.29. The number of hydrogen-bond donors (Lipinski definition) is 1. The van der Waals surface area contributed by atoms with Gasteiger partial charge in [-0.3, -0.25) is 0 Å². The van der Waals surface area contributed by atoms with E-state index in [1.165, 1.54) is 16.7 Å². The van der Waals surface area contributed by atoms with Crippen molar-refractivity contribution in [2.24, 2.45) is 0 Å². The van der Waals surface area contributed by atoms with Gasteiger partial charge >= 0.3 is 0 Å². The molecular weight excluding hydrogens is 226 g/mol. The molecule has 13 heavy (non-hydrogen) atoms. The fourth-order valence-electron chi connectivity index (χ4n) is 1.46. The van der Waals surface area contributed by atoms with Crippen LogP contribution in [-0.2, 0) is 0 Å². The normalized spacial score (nSPS) is 15.0. The summed E-state index contributed by atoms with van der Waals surface area (Å²) in [5, 5.41) is 3.29. The van der Waals surface area contributed by atoms with Crippen molar-refractivity contribution in [1.82, 2.24) is 5.32 Å². The summed E-state index contributed by atoms with van der Waals surface area (Å²) in [5.74, 6) is 0. The number of rotatable bonds is 1. The molecule has 0 fully saturated rings. The summed E-state index contributed by atoms with van der Waals surface area (Å²) < 4.78 is 0. The Hall–Kier alpha value is -0.600. The number of benzene rings is 1. The van der Waals surface area contributed by atoms with Crippen molar-refractivity contribution < 1.29 is 0 Å². The van der Waals surface area contributed by atoms with Crippen LogP contribution < -0.4 is 5.32 Å². The lowest BCUT2D eigenvalue weighted by Gasteiger charge is -2.01. The molecule has 1 heterocycles. The molecule has 1 aromatic rings. The summed E-state index contributed by atoms with van der Waals surface area (Å²) >= 11 is 0. The van der Waals surface area contributed by atoms with Gasteiger partial charge in [0.2, 0.25) is 0 Å². The Bertz CT molecular complexity index is 300. The molecule has 0 unspecified atom stereocenters. The van der Waals surface area contributed by atoms with Crippen molar-refractivity contribution in [3.63, 3.8) is 0 Å². The zero-order valence-electron chi connectivity index (χ0n) is 7.71. The number of halogens is 1. The standard InChI is InChI=1S/C11H13N.BrH/c1-9-2-4-10(5-3-9)11-6-7-12-8-11;/h2-6,12H,7-8H2,1H3;1H. The minimum absolute atomic E-state index is 0. The van der Waals surface area contributed by atoms with Crippen molar-refractivity contribution >= 4 is 22.6 Å². The molecule has 2 rings (SSSR count). The highest BCUT2D eigenvalue weighted by Crippen LogP contribution is 2.16. The second-order valence-electron chi connectivity index (χ2n) is 3.23. The van der Waals surface area contributed by atoms with Crippen LogP contribution in [0.5, 0.6) is 0 Å². The van der Waals surface area contributed by atoms with Gasteiger partial charge in [0, 0.05) is 13.1 Å². The van der Waals surface area contributed by atoms with Crippen LogP contribution in [0.15, 0.2) is 30.3 Å². The van der Waals surface area contributed by atoms with Crippen LogP contribution in [0.25, 0.3) is 5.57 Å². The van der Waals surface area contributed by atoms with E-state index >= 15 is 0 Å². The maximum atomic E-state index is 3.29. The first-order valence-corrected chi connectivity index (χ1v) is 4.33. The van der Waals surface area contributed by atoms with Gasteiger partial charge in [0.25, 0.3) is 0 Å². The second kappa shape index (κ2) is 4.58. The molecule has 1 aromatic carbocycles. The second-order valence-corrected chi connectivity index (χ2v) is 3.23.